The lowest BCUT2D eigenvalue weighted by molar-refractivity contribution is -0.137. The molecule has 0 bridgehead atoms. The van der Waals surface area contributed by atoms with Crippen molar-refractivity contribution in [3.63, 3.8) is 0 Å². The molecule has 2 aromatic rings. The van der Waals surface area contributed by atoms with Gasteiger partial charge in [0.1, 0.15) is 5.82 Å². The van der Waals surface area contributed by atoms with Crippen molar-refractivity contribution in [3.8, 4) is 0 Å². The van der Waals surface area contributed by atoms with Crippen molar-refractivity contribution in [1.29, 1.82) is 0 Å². The zero-order valence-electron chi connectivity index (χ0n) is 15.4. The van der Waals surface area contributed by atoms with E-state index in [1.54, 1.807) is 41.3 Å². The minimum atomic E-state index is -0.859. The molecular formula is C21H22ClFN2O3. The zero-order valence-corrected chi connectivity index (χ0v) is 16.1. The van der Waals surface area contributed by atoms with Gasteiger partial charge < -0.3 is 10.0 Å². The summed E-state index contributed by atoms with van der Waals surface area (Å²) >= 11 is 5.98. The molecule has 1 amide bonds. The highest BCUT2D eigenvalue weighted by Crippen LogP contribution is 2.27. The smallest absolute Gasteiger partial charge is 0.303 e. The van der Waals surface area contributed by atoms with Crippen molar-refractivity contribution < 1.29 is 19.1 Å². The highest BCUT2D eigenvalue weighted by molar-refractivity contribution is 6.30. The van der Waals surface area contributed by atoms with Crippen LogP contribution in [0.2, 0.25) is 5.02 Å². The van der Waals surface area contributed by atoms with Crippen LogP contribution in [0, 0.1) is 5.82 Å². The van der Waals surface area contributed by atoms with Crippen LogP contribution < -0.4 is 0 Å². The van der Waals surface area contributed by atoms with Crippen molar-refractivity contribution in [1.82, 2.24) is 9.80 Å². The Balaban J connectivity index is 1.68. The number of hydrogen-bond acceptors (Lipinski definition) is 3. The fraction of sp³-hybridized carbons (Fsp3) is 0.333. The third-order valence-corrected chi connectivity index (χ3v) is 5.24. The molecular weight excluding hydrogens is 383 g/mol. The second-order valence-electron chi connectivity index (χ2n) is 6.84. The molecule has 0 aliphatic carbocycles. The fourth-order valence-corrected chi connectivity index (χ4v) is 3.74. The number of nitrogens with zero attached hydrogens (tertiary/aromatic N) is 2. The van der Waals surface area contributed by atoms with Crippen LogP contribution in [0.25, 0.3) is 0 Å². The van der Waals surface area contributed by atoms with E-state index in [0.717, 1.165) is 5.56 Å². The van der Waals surface area contributed by atoms with Gasteiger partial charge in [-0.15, -0.1) is 0 Å². The number of benzene rings is 2. The van der Waals surface area contributed by atoms with Gasteiger partial charge in [-0.1, -0.05) is 29.8 Å². The third-order valence-electron chi connectivity index (χ3n) is 5.00. The maximum atomic E-state index is 13.3. The average molecular weight is 405 g/mol. The number of amides is 1. The normalized spacial score (nSPS) is 16.0. The molecule has 1 saturated heterocycles. The summed E-state index contributed by atoms with van der Waals surface area (Å²) in [6.45, 7) is 2.31. The summed E-state index contributed by atoms with van der Waals surface area (Å²) in [6.07, 6.45) is 0.465. The molecule has 0 saturated carbocycles. The Hall–Kier alpha value is -2.44. The van der Waals surface area contributed by atoms with Crippen molar-refractivity contribution >= 4 is 23.5 Å². The monoisotopic (exact) mass is 404 g/mol. The van der Waals surface area contributed by atoms with Gasteiger partial charge in [0.15, 0.2) is 0 Å². The van der Waals surface area contributed by atoms with Gasteiger partial charge in [-0.05, 0) is 42.3 Å². The Kier molecular flexibility index (Phi) is 6.65. The van der Waals surface area contributed by atoms with Crippen LogP contribution >= 0.6 is 11.6 Å². The second kappa shape index (κ2) is 9.17. The number of aliphatic carboxylic acids is 1. The molecule has 1 N–H and O–H groups in total. The standard InChI is InChI=1S/C21H22ClFN2O3/c22-17-3-1-2-16(14-17)21(28)25-12-10-24(11-13-25)19(8-9-20(26)27)15-4-6-18(23)7-5-15/h1-7,14,19H,8-13H2,(H,26,27)/t19-/m1/s1. The van der Waals surface area contributed by atoms with Gasteiger partial charge in [-0.3, -0.25) is 14.5 Å². The number of piperazine rings is 1. The first-order valence-corrected chi connectivity index (χ1v) is 9.58. The van der Waals surface area contributed by atoms with Gasteiger partial charge in [0.25, 0.3) is 5.91 Å². The first-order chi connectivity index (χ1) is 13.4. The molecule has 7 heteroatoms. The number of carboxylic acids is 1. The summed E-state index contributed by atoms with van der Waals surface area (Å²) in [7, 11) is 0. The van der Waals surface area contributed by atoms with Crippen LogP contribution in [0.5, 0.6) is 0 Å². The summed E-state index contributed by atoms with van der Waals surface area (Å²) in [5, 5.41) is 9.60. The number of hydrogen-bond donors (Lipinski definition) is 1. The third kappa shape index (κ3) is 5.09. The molecule has 148 valence electrons. The first kappa shape index (κ1) is 20.3. The minimum Gasteiger partial charge on any atom is -0.481 e. The molecule has 0 aromatic heterocycles. The van der Waals surface area contributed by atoms with E-state index in [0.29, 0.717) is 43.2 Å². The van der Waals surface area contributed by atoms with Gasteiger partial charge in [-0.25, -0.2) is 4.39 Å². The Morgan fingerprint density at radius 3 is 2.36 bits per heavy atom. The predicted molar refractivity (Wildman–Crippen MR) is 105 cm³/mol. The lowest BCUT2D eigenvalue weighted by Gasteiger charge is -2.39. The lowest BCUT2D eigenvalue weighted by Crippen LogP contribution is -2.49. The van der Waals surface area contributed by atoms with Gasteiger partial charge in [-0.2, -0.15) is 0 Å². The summed E-state index contributed by atoms with van der Waals surface area (Å²) in [6, 6.07) is 12.9. The molecule has 1 atom stereocenters. The summed E-state index contributed by atoms with van der Waals surface area (Å²) in [5.41, 5.74) is 1.44. The number of carboxylic acid groups (broad SMARTS) is 1. The Bertz CT molecular complexity index is 836. The minimum absolute atomic E-state index is 0.0315. The van der Waals surface area contributed by atoms with Crippen molar-refractivity contribution in [2.45, 2.75) is 18.9 Å². The largest absolute Gasteiger partial charge is 0.481 e. The number of carbonyl (C=O) groups excluding carboxylic acids is 1. The molecule has 5 nitrogen and oxygen atoms in total. The number of halogens is 2. The van der Waals surface area contributed by atoms with E-state index >= 15 is 0 Å². The molecule has 0 unspecified atom stereocenters. The Morgan fingerprint density at radius 2 is 1.75 bits per heavy atom. The topological polar surface area (TPSA) is 60.9 Å². The van der Waals surface area contributed by atoms with Gasteiger partial charge in [0.2, 0.25) is 0 Å². The highest BCUT2D eigenvalue weighted by atomic mass is 35.5. The van der Waals surface area contributed by atoms with Crippen molar-refractivity contribution in [2.75, 3.05) is 26.2 Å². The molecule has 2 aromatic carbocycles. The molecule has 28 heavy (non-hydrogen) atoms. The fourth-order valence-electron chi connectivity index (χ4n) is 3.55. The Morgan fingerprint density at radius 1 is 1.07 bits per heavy atom. The van der Waals surface area contributed by atoms with E-state index in [-0.39, 0.29) is 24.2 Å². The quantitative estimate of drug-likeness (QED) is 0.794. The van der Waals surface area contributed by atoms with Crippen LogP contribution in [0.4, 0.5) is 4.39 Å². The molecule has 0 spiro atoms. The molecule has 3 rings (SSSR count). The summed E-state index contributed by atoms with van der Waals surface area (Å²) in [4.78, 5) is 27.7. The van der Waals surface area contributed by atoms with Crippen molar-refractivity contribution in [2.24, 2.45) is 0 Å². The SMILES string of the molecule is O=C(O)CC[C@H](c1ccc(F)cc1)N1CCN(C(=O)c2cccc(Cl)c2)CC1. The lowest BCUT2D eigenvalue weighted by atomic mass is 9.99. The molecule has 1 heterocycles. The van der Waals surface area contributed by atoms with Crippen LogP contribution in [-0.2, 0) is 4.79 Å². The molecule has 1 fully saturated rings. The van der Waals surface area contributed by atoms with E-state index < -0.39 is 5.97 Å². The van der Waals surface area contributed by atoms with Crippen molar-refractivity contribution in [3.05, 3.63) is 70.5 Å². The van der Waals surface area contributed by atoms with Crippen LogP contribution in [0.1, 0.15) is 34.8 Å². The van der Waals surface area contributed by atoms with Crippen LogP contribution in [0.3, 0.4) is 0 Å². The van der Waals surface area contributed by atoms with Gasteiger partial charge in [0.05, 0.1) is 0 Å². The number of rotatable bonds is 6. The van der Waals surface area contributed by atoms with E-state index in [4.69, 9.17) is 16.7 Å². The van der Waals surface area contributed by atoms with Gasteiger partial charge >= 0.3 is 5.97 Å². The summed E-state index contributed by atoms with van der Waals surface area (Å²) < 4.78 is 13.3. The average Bonchev–Trinajstić information content (AvgIpc) is 2.69. The zero-order chi connectivity index (χ0) is 20.1. The highest BCUT2D eigenvalue weighted by Gasteiger charge is 2.28. The van der Waals surface area contributed by atoms with Crippen LogP contribution in [0.15, 0.2) is 48.5 Å². The maximum absolute atomic E-state index is 13.3. The molecule has 1 aliphatic rings. The second-order valence-corrected chi connectivity index (χ2v) is 7.27. The maximum Gasteiger partial charge on any atom is 0.303 e. The Labute approximate surface area is 168 Å². The summed E-state index contributed by atoms with van der Waals surface area (Å²) in [5.74, 6) is -1.24. The molecule has 1 aliphatic heterocycles. The van der Waals surface area contributed by atoms with E-state index in [9.17, 15) is 14.0 Å². The first-order valence-electron chi connectivity index (χ1n) is 9.20. The number of carbonyl (C=O) groups is 2. The molecule has 0 radical (unpaired) electrons. The van der Waals surface area contributed by atoms with Gasteiger partial charge in [0, 0.05) is 49.2 Å². The van der Waals surface area contributed by atoms with Crippen LogP contribution in [-0.4, -0.2) is 53.0 Å². The van der Waals surface area contributed by atoms with E-state index in [1.807, 2.05) is 0 Å². The predicted octanol–water partition coefficient (Wildman–Crippen LogP) is 3.84. The van der Waals surface area contributed by atoms with E-state index in [1.165, 1.54) is 12.1 Å². The van der Waals surface area contributed by atoms with E-state index in [2.05, 4.69) is 4.90 Å².